The van der Waals surface area contributed by atoms with Crippen LogP contribution < -0.4 is 21.3 Å². The van der Waals surface area contributed by atoms with Crippen molar-refractivity contribution in [2.45, 2.75) is 32.0 Å². The molecule has 3 rings (SSSR count). The Bertz CT molecular complexity index is 1180. The molecule has 0 saturated carbocycles. The third-order valence-corrected chi connectivity index (χ3v) is 6.93. The Balaban J connectivity index is 1.95. The van der Waals surface area contributed by atoms with Gasteiger partial charge in [-0.3, -0.25) is 14.4 Å². The molecule has 2 aromatic rings. The lowest BCUT2D eigenvalue weighted by molar-refractivity contribution is -0.146. The molecule has 3 atom stereocenters. The molecule has 3 amide bonds. The number of hydrogen-bond acceptors (Lipinski definition) is 4. The number of primary amides is 1. The van der Waals surface area contributed by atoms with E-state index in [0.717, 1.165) is 0 Å². The number of rotatable bonds is 7. The number of halogens is 6. The quantitative estimate of drug-likeness (QED) is 0.424. The van der Waals surface area contributed by atoms with Crippen molar-refractivity contribution in [3.8, 4) is 0 Å². The third-order valence-electron chi connectivity index (χ3n) is 5.87. The monoisotopic (exact) mass is 564 g/mol. The predicted octanol–water partition coefficient (Wildman–Crippen LogP) is 5.30. The Hall–Kier alpha value is -2.69. The summed E-state index contributed by atoms with van der Waals surface area (Å²) in [5, 5.41) is 5.92. The van der Waals surface area contributed by atoms with E-state index < -0.39 is 54.6 Å². The summed E-state index contributed by atoms with van der Waals surface area (Å²) < 4.78 is 38.6. The van der Waals surface area contributed by atoms with Crippen molar-refractivity contribution in [1.82, 2.24) is 5.32 Å². The number of anilines is 3. The van der Waals surface area contributed by atoms with Gasteiger partial charge in [-0.2, -0.15) is 13.2 Å². The molecule has 4 N–H and O–H groups in total. The Morgan fingerprint density at radius 3 is 2.47 bits per heavy atom. The Morgan fingerprint density at radius 2 is 1.86 bits per heavy atom. The van der Waals surface area contributed by atoms with E-state index in [1.54, 1.807) is 41.3 Å². The topological polar surface area (TPSA) is 105 Å². The van der Waals surface area contributed by atoms with E-state index in [-0.39, 0.29) is 22.3 Å². The van der Waals surface area contributed by atoms with Gasteiger partial charge >= 0.3 is 6.18 Å². The van der Waals surface area contributed by atoms with Gasteiger partial charge in [-0.25, -0.2) is 0 Å². The zero-order valence-corrected chi connectivity index (χ0v) is 21.1. The summed E-state index contributed by atoms with van der Waals surface area (Å²) >= 11 is 18.5. The molecule has 0 saturated heterocycles. The molecule has 1 heterocycles. The number of alkyl halides is 3. The summed E-state index contributed by atoms with van der Waals surface area (Å²) in [6.07, 6.45) is -6.51. The predicted molar refractivity (Wildman–Crippen MR) is 133 cm³/mol. The van der Waals surface area contributed by atoms with Gasteiger partial charge in [-0.05, 0) is 36.8 Å². The zero-order valence-electron chi connectivity index (χ0n) is 18.8. The van der Waals surface area contributed by atoms with Gasteiger partial charge in [0.25, 0.3) is 0 Å². The average molecular weight is 566 g/mol. The minimum atomic E-state index is -4.54. The van der Waals surface area contributed by atoms with Crippen LogP contribution in [0, 0.1) is 11.8 Å². The summed E-state index contributed by atoms with van der Waals surface area (Å²) in [4.78, 5) is 39.5. The van der Waals surface area contributed by atoms with E-state index in [1.807, 2.05) is 0 Å². The molecule has 0 unspecified atom stereocenters. The van der Waals surface area contributed by atoms with E-state index in [4.69, 9.17) is 40.5 Å². The Labute approximate surface area is 220 Å². The van der Waals surface area contributed by atoms with Crippen molar-refractivity contribution in [2.75, 3.05) is 16.8 Å². The summed E-state index contributed by atoms with van der Waals surface area (Å²) in [5.41, 5.74) is 6.55. The number of nitrogens with two attached hydrogens (primary N) is 1. The zero-order chi connectivity index (χ0) is 26.8. The van der Waals surface area contributed by atoms with Gasteiger partial charge < -0.3 is 21.3 Å². The second-order valence-corrected chi connectivity index (χ2v) is 9.57. The summed E-state index contributed by atoms with van der Waals surface area (Å²) in [5.74, 6) is -5.08. The van der Waals surface area contributed by atoms with Crippen LogP contribution in [-0.4, -0.2) is 36.5 Å². The minimum absolute atomic E-state index is 0.125. The fraction of sp³-hybridized carbons (Fsp3) is 0.348. The standard InChI is InChI=1S/C23H22Cl3F3N4O3/c1-11(20(30)34)13(7-8-23(27,28)29)21(35)31-17-10-33(12-5-6-14(24)16(26)9-12)18-4-2-3-15(25)19(18)32-22(17)36/h2-6,9,11,13,17H,7-8,10H2,1H3,(H2,30,34)(H,31,35)(H,32,36)/t11-,13+,17-/m0/s1. The molecular formula is C23H22Cl3F3N4O3. The van der Waals surface area contributed by atoms with Crippen molar-refractivity contribution in [3.63, 3.8) is 0 Å². The number of carbonyl (C=O) groups is 3. The van der Waals surface area contributed by atoms with Crippen LogP contribution in [0.2, 0.25) is 15.1 Å². The van der Waals surface area contributed by atoms with Crippen LogP contribution in [-0.2, 0) is 14.4 Å². The van der Waals surface area contributed by atoms with Gasteiger partial charge in [0, 0.05) is 23.9 Å². The molecule has 7 nitrogen and oxygen atoms in total. The highest BCUT2D eigenvalue weighted by Crippen LogP contribution is 2.40. The molecule has 36 heavy (non-hydrogen) atoms. The second-order valence-electron chi connectivity index (χ2n) is 8.34. The number of amides is 3. The number of nitrogens with one attached hydrogen (secondary N) is 2. The molecule has 1 aliphatic heterocycles. The van der Waals surface area contributed by atoms with Crippen LogP contribution >= 0.6 is 34.8 Å². The SMILES string of the molecule is C[C@H](C(N)=O)[C@@H](CCC(F)(F)F)C(=O)N[C@H]1CN(c2ccc(Cl)c(Cl)c2)c2cccc(Cl)c2NC1=O. The molecule has 0 aromatic heterocycles. The largest absolute Gasteiger partial charge is 0.389 e. The van der Waals surface area contributed by atoms with E-state index in [2.05, 4.69) is 10.6 Å². The van der Waals surface area contributed by atoms with Crippen LogP contribution in [0.3, 0.4) is 0 Å². The molecule has 0 fully saturated rings. The van der Waals surface area contributed by atoms with E-state index in [1.165, 1.54) is 6.92 Å². The maximum absolute atomic E-state index is 13.1. The van der Waals surface area contributed by atoms with Crippen LogP contribution in [0.5, 0.6) is 0 Å². The summed E-state index contributed by atoms with van der Waals surface area (Å²) in [6, 6.07) is 8.45. The minimum Gasteiger partial charge on any atom is -0.369 e. The lowest BCUT2D eigenvalue weighted by Crippen LogP contribution is -2.51. The lowest BCUT2D eigenvalue weighted by atomic mass is 9.88. The first kappa shape index (κ1) is 27.9. The maximum Gasteiger partial charge on any atom is 0.389 e. The number of para-hydroxylation sites is 1. The van der Waals surface area contributed by atoms with E-state index >= 15 is 0 Å². The van der Waals surface area contributed by atoms with Crippen LogP contribution in [0.4, 0.5) is 30.2 Å². The van der Waals surface area contributed by atoms with Gasteiger partial charge in [0.15, 0.2) is 0 Å². The molecule has 2 aromatic carbocycles. The molecule has 0 bridgehead atoms. The lowest BCUT2D eigenvalue weighted by Gasteiger charge is -2.29. The Morgan fingerprint density at radius 1 is 1.17 bits per heavy atom. The van der Waals surface area contributed by atoms with Gasteiger partial charge in [0.2, 0.25) is 17.7 Å². The van der Waals surface area contributed by atoms with Gasteiger partial charge in [-0.15, -0.1) is 0 Å². The normalized spacial score (nSPS) is 17.5. The molecule has 0 aliphatic carbocycles. The van der Waals surface area contributed by atoms with Gasteiger partial charge in [0.1, 0.15) is 6.04 Å². The molecule has 0 radical (unpaired) electrons. The van der Waals surface area contributed by atoms with Crippen LogP contribution in [0.1, 0.15) is 19.8 Å². The van der Waals surface area contributed by atoms with Crippen molar-refractivity contribution >= 4 is 69.6 Å². The average Bonchev–Trinajstić information content (AvgIpc) is 2.92. The number of fused-ring (bicyclic) bond motifs is 1. The summed E-state index contributed by atoms with van der Waals surface area (Å²) in [7, 11) is 0. The fourth-order valence-electron chi connectivity index (χ4n) is 3.85. The van der Waals surface area contributed by atoms with Crippen LogP contribution in [0.25, 0.3) is 0 Å². The number of carbonyl (C=O) groups excluding carboxylic acids is 3. The third kappa shape index (κ3) is 6.54. The maximum atomic E-state index is 13.1. The highest BCUT2D eigenvalue weighted by Gasteiger charge is 2.38. The number of hydrogen-bond donors (Lipinski definition) is 3. The highest BCUT2D eigenvalue weighted by molar-refractivity contribution is 6.42. The summed E-state index contributed by atoms with van der Waals surface area (Å²) in [6.45, 7) is 1.15. The highest BCUT2D eigenvalue weighted by atomic mass is 35.5. The second kappa shape index (κ2) is 11.1. The number of benzene rings is 2. The molecule has 0 spiro atoms. The first-order chi connectivity index (χ1) is 16.8. The van der Waals surface area contributed by atoms with E-state index in [9.17, 15) is 27.6 Å². The van der Waals surface area contributed by atoms with Crippen molar-refractivity contribution in [3.05, 3.63) is 51.5 Å². The van der Waals surface area contributed by atoms with Gasteiger partial charge in [0.05, 0.1) is 33.0 Å². The first-order valence-electron chi connectivity index (χ1n) is 10.8. The van der Waals surface area contributed by atoms with Crippen molar-refractivity contribution in [1.29, 1.82) is 0 Å². The molecule has 13 heteroatoms. The smallest absolute Gasteiger partial charge is 0.369 e. The van der Waals surface area contributed by atoms with Gasteiger partial charge in [-0.1, -0.05) is 47.8 Å². The number of nitrogens with zero attached hydrogens (tertiary/aromatic N) is 1. The Kier molecular flexibility index (Phi) is 8.63. The molecule has 194 valence electrons. The van der Waals surface area contributed by atoms with Crippen LogP contribution in [0.15, 0.2) is 36.4 Å². The van der Waals surface area contributed by atoms with E-state index in [0.29, 0.717) is 16.4 Å². The first-order valence-corrected chi connectivity index (χ1v) is 11.9. The molecule has 1 aliphatic rings. The van der Waals surface area contributed by atoms with Crippen molar-refractivity contribution in [2.24, 2.45) is 17.6 Å². The molecular weight excluding hydrogens is 544 g/mol. The fourth-order valence-corrected chi connectivity index (χ4v) is 4.36. The van der Waals surface area contributed by atoms with Crippen molar-refractivity contribution < 1.29 is 27.6 Å².